The van der Waals surface area contributed by atoms with E-state index in [2.05, 4.69) is 4.90 Å². The highest BCUT2D eigenvalue weighted by atomic mass is 16.3. The molecule has 0 spiro atoms. The van der Waals surface area contributed by atoms with E-state index in [0.29, 0.717) is 36.0 Å². The minimum Gasteiger partial charge on any atom is -0.459 e. The fourth-order valence-corrected chi connectivity index (χ4v) is 4.33. The number of piperidine rings is 3. The Morgan fingerprint density at radius 1 is 1.29 bits per heavy atom. The molecule has 5 nitrogen and oxygen atoms in total. The second kappa shape index (κ2) is 4.90. The smallest absolute Gasteiger partial charge is 0.289 e. The number of fused-ring (bicyclic) bond motifs is 4. The van der Waals surface area contributed by atoms with Crippen molar-refractivity contribution >= 4 is 11.8 Å². The number of carbonyl (C=O) groups excluding carboxylic acids is 2. The van der Waals surface area contributed by atoms with Crippen molar-refractivity contribution in [1.29, 1.82) is 0 Å². The molecule has 3 aliphatic rings. The summed E-state index contributed by atoms with van der Waals surface area (Å²) in [6.07, 6.45) is 5.47. The zero-order chi connectivity index (χ0) is 14.4. The van der Waals surface area contributed by atoms with Crippen LogP contribution in [0.2, 0.25) is 0 Å². The highest BCUT2D eigenvalue weighted by Crippen LogP contribution is 2.38. The summed E-state index contributed by atoms with van der Waals surface area (Å²) in [7, 11) is 0. The van der Waals surface area contributed by atoms with Gasteiger partial charge in [-0.2, -0.15) is 0 Å². The van der Waals surface area contributed by atoms with Gasteiger partial charge in [-0.1, -0.05) is 0 Å². The van der Waals surface area contributed by atoms with Crippen LogP contribution >= 0.6 is 0 Å². The molecule has 21 heavy (non-hydrogen) atoms. The van der Waals surface area contributed by atoms with Crippen LogP contribution in [-0.4, -0.2) is 47.3 Å². The summed E-state index contributed by atoms with van der Waals surface area (Å²) in [5.74, 6) is 1.57. The highest BCUT2D eigenvalue weighted by molar-refractivity contribution is 5.91. The normalized spacial score (nSPS) is 32.0. The van der Waals surface area contributed by atoms with Crippen molar-refractivity contribution in [2.45, 2.75) is 31.7 Å². The Kier molecular flexibility index (Phi) is 3.01. The number of furan rings is 1. The van der Waals surface area contributed by atoms with Gasteiger partial charge in [0, 0.05) is 32.1 Å². The number of hydrogen-bond donors (Lipinski definition) is 0. The maximum absolute atomic E-state index is 12.5. The van der Waals surface area contributed by atoms with E-state index in [1.807, 2.05) is 4.90 Å². The van der Waals surface area contributed by atoms with Crippen molar-refractivity contribution < 1.29 is 14.0 Å². The third kappa shape index (κ3) is 2.15. The number of likely N-dealkylation sites (tertiary alicyclic amines) is 1. The number of nitrogens with zero attached hydrogens (tertiary/aromatic N) is 2. The van der Waals surface area contributed by atoms with E-state index in [1.54, 1.807) is 18.4 Å². The lowest BCUT2D eigenvalue weighted by molar-refractivity contribution is -0.144. The van der Waals surface area contributed by atoms with Crippen LogP contribution in [0.4, 0.5) is 0 Å². The average molecular weight is 288 g/mol. The molecule has 2 bridgehead atoms. The molecular formula is C16H20N2O3. The van der Waals surface area contributed by atoms with E-state index in [9.17, 15) is 9.59 Å². The molecule has 1 aromatic rings. The van der Waals surface area contributed by atoms with E-state index in [0.717, 1.165) is 38.9 Å². The topological polar surface area (TPSA) is 53.8 Å². The van der Waals surface area contributed by atoms with E-state index < -0.39 is 0 Å². The van der Waals surface area contributed by atoms with Crippen LogP contribution in [0.1, 0.15) is 36.2 Å². The molecule has 0 radical (unpaired) electrons. The van der Waals surface area contributed by atoms with Gasteiger partial charge in [0.25, 0.3) is 5.91 Å². The van der Waals surface area contributed by atoms with Crippen molar-refractivity contribution in [2.24, 2.45) is 11.8 Å². The molecule has 3 atom stereocenters. The molecule has 2 unspecified atom stereocenters. The van der Waals surface area contributed by atoms with Gasteiger partial charge in [-0.05, 0) is 43.2 Å². The fraction of sp³-hybridized carbons (Fsp3) is 0.625. The molecule has 3 fully saturated rings. The first kappa shape index (κ1) is 12.9. The Labute approximate surface area is 123 Å². The van der Waals surface area contributed by atoms with Crippen LogP contribution < -0.4 is 0 Å². The van der Waals surface area contributed by atoms with Crippen LogP contribution in [0, 0.1) is 11.8 Å². The lowest BCUT2D eigenvalue weighted by atomic mass is 9.76. The van der Waals surface area contributed by atoms with Gasteiger partial charge in [0.2, 0.25) is 5.91 Å². The maximum atomic E-state index is 12.5. The third-order valence-corrected chi connectivity index (χ3v) is 5.20. The van der Waals surface area contributed by atoms with Gasteiger partial charge < -0.3 is 14.2 Å². The van der Waals surface area contributed by atoms with Crippen molar-refractivity contribution in [2.75, 3.05) is 19.6 Å². The van der Waals surface area contributed by atoms with Crippen LogP contribution in [0.3, 0.4) is 0 Å². The lowest BCUT2D eigenvalue weighted by Gasteiger charge is -2.52. The Hall–Kier alpha value is -1.78. The Morgan fingerprint density at radius 3 is 3.00 bits per heavy atom. The summed E-state index contributed by atoms with van der Waals surface area (Å²) < 4.78 is 5.24. The third-order valence-electron chi connectivity index (χ3n) is 5.20. The predicted octanol–water partition coefficient (Wildman–Crippen LogP) is 1.75. The fourth-order valence-electron chi connectivity index (χ4n) is 4.33. The van der Waals surface area contributed by atoms with Crippen molar-refractivity contribution in [3.63, 3.8) is 0 Å². The van der Waals surface area contributed by atoms with Crippen LogP contribution in [-0.2, 0) is 4.79 Å². The SMILES string of the molecule is O=C(c1ccco1)N1CC2CC(C1)[C@H]1CCCC(=O)N1C2. The van der Waals surface area contributed by atoms with E-state index in [1.165, 1.54) is 0 Å². The zero-order valence-electron chi connectivity index (χ0n) is 12.0. The molecule has 0 aliphatic carbocycles. The molecule has 1 aromatic heterocycles. The molecule has 5 heteroatoms. The lowest BCUT2D eigenvalue weighted by Crippen LogP contribution is -2.61. The van der Waals surface area contributed by atoms with Gasteiger partial charge in [-0.25, -0.2) is 0 Å². The first-order chi connectivity index (χ1) is 10.2. The molecule has 3 saturated heterocycles. The molecule has 112 valence electrons. The minimum absolute atomic E-state index is 0.00899. The minimum atomic E-state index is -0.00899. The Morgan fingerprint density at radius 2 is 2.19 bits per heavy atom. The molecule has 2 amide bonds. The van der Waals surface area contributed by atoms with E-state index >= 15 is 0 Å². The van der Waals surface area contributed by atoms with E-state index in [-0.39, 0.29) is 5.91 Å². The summed E-state index contributed by atoms with van der Waals surface area (Å²) in [6, 6.07) is 3.82. The largest absolute Gasteiger partial charge is 0.459 e. The van der Waals surface area contributed by atoms with Crippen molar-refractivity contribution in [3.8, 4) is 0 Å². The van der Waals surface area contributed by atoms with Crippen molar-refractivity contribution in [1.82, 2.24) is 9.80 Å². The van der Waals surface area contributed by atoms with Gasteiger partial charge in [0.1, 0.15) is 0 Å². The highest BCUT2D eigenvalue weighted by Gasteiger charge is 2.45. The summed E-state index contributed by atoms with van der Waals surface area (Å²) in [4.78, 5) is 28.6. The summed E-state index contributed by atoms with van der Waals surface area (Å²) >= 11 is 0. The molecular weight excluding hydrogens is 268 g/mol. The van der Waals surface area contributed by atoms with E-state index in [4.69, 9.17) is 4.42 Å². The summed E-state index contributed by atoms with van der Waals surface area (Å²) in [6.45, 7) is 2.32. The predicted molar refractivity (Wildman–Crippen MR) is 75.6 cm³/mol. The molecule has 4 rings (SSSR count). The number of carbonyl (C=O) groups is 2. The number of amides is 2. The standard InChI is InChI=1S/C16H20N2O3/c19-15-5-1-3-13-12-7-11(9-18(13)15)8-17(10-12)16(20)14-4-2-6-21-14/h2,4,6,11-13H,1,3,5,7-10H2/t11?,12?,13-/m1/s1. The molecule has 4 heterocycles. The van der Waals surface area contributed by atoms with Crippen LogP contribution in [0.15, 0.2) is 22.8 Å². The van der Waals surface area contributed by atoms with Gasteiger partial charge in [0.05, 0.1) is 6.26 Å². The molecule has 0 aromatic carbocycles. The summed E-state index contributed by atoms with van der Waals surface area (Å²) in [5, 5.41) is 0. The van der Waals surface area contributed by atoms with Crippen molar-refractivity contribution in [3.05, 3.63) is 24.2 Å². The first-order valence-electron chi connectivity index (χ1n) is 7.84. The summed E-state index contributed by atoms with van der Waals surface area (Å²) in [5.41, 5.74) is 0. The van der Waals surface area contributed by atoms with Gasteiger partial charge >= 0.3 is 0 Å². The Bertz CT molecular complexity index is 554. The molecule has 0 saturated carbocycles. The van der Waals surface area contributed by atoms with Crippen LogP contribution in [0.5, 0.6) is 0 Å². The number of rotatable bonds is 1. The number of hydrogen-bond acceptors (Lipinski definition) is 3. The zero-order valence-corrected chi connectivity index (χ0v) is 12.0. The monoisotopic (exact) mass is 288 g/mol. The molecule has 0 N–H and O–H groups in total. The van der Waals surface area contributed by atoms with Crippen LogP contribution in [0.25, 0.3) is 0 Å². The first-order valence-corrected chi connectivity index (χ1v) is 7.84. The Balaban J connectivity index is 1.53. The average Bonchev–Trinajstić information content (AvgIpc) is 3.02. The quantitative estimate of drug-likeness (QED) is 0.791. The molecule has 3 aliphatic heterocycles. The maximum Gasteiger partial charge on any atom is 0.289 e. The second-order valence-corrected chi connectivity index (χ2v) is 6.55. The van der Waals surface area contributed by atoms with Gasteiger partial charge in [0.15, 0.2) is 5.76 Å². The van der Waals surface area contributed by atoms with Gasteiger partial charge in [-0.3, -0.25) is 9.59 Å². The second-order valence-electron chi connectivity index (χ2n) is 6.55. The van der Waals surface area contributed by atoms with Gasteiger partial charge in [-0.15, -0.1) is 0 Å².